The zero-order chi connectivity index (χ0) is 14.8. The lowest BCUT2D eigenvalue weighted by atomic mass is 9.99. The molecule has 0 amide bonds. The van der Waals surface area contributed by atoms with Gasteiger partial charge in [-0.1, -0.05) is 17.7 Å². The summed E-state index contributed by atoms with van der Waals surface area (Å²) in [6, 6.07) is 6.32. The van der Waals surface area contributed by atoms with Crippen molar-refractivity contribution in [2.75, 3.05) is 26.8 Å². The minimum Gasteiger partial charge on any atom is -0.496 e. The van der Waals surface area contributed by atoms with Crippen LogP contribution in [0.4, 0.5) is 0 Å². The number of fused-ring (bicyclic) bond motifs is 1. The van der Waals surface area contributed by atoms with Crippen LogP contribution in [0.2, 0.25) is 5.02 Å². The van der Waals surface area contributed by atoms with Crippen molar-refractivity contribution < 1.29 is 9.47 Å². The van der Waals surface area contributed by atoms with E-state index >= 15 is 0 Å². The second kappa shape index (κ2) is 6.53. The van der Waals surface area contributed by atoms with Crippen molar-refractivity contribution in [2.24, 2.45) is 5.73 Å². The second-order valence-electron chi connectivity index (χ2n) is 5.75. The van der Waals surface area contributed by atoms with Gasteiger partial charge in [0.25, 0.3) is 0 Å². The molecular weight excluding hydrogens is 288 g/mol. The highest BCUT2D eigenvalue weighted by Crippen LogP contribution is 2.40. The minimum atomic E-state index is 0.0862. The second-order valence-corrected chi connectivity index (χ2v) is 6.16. The Morgan fingerprint density at radius 3 is 3.10 bits per heavy atom. The summed E-state index contributed by atoms with van der Waals surface area (Å²) < 4.78 is 11.4. The zero-order valence-electron chi connectivity index (χ0n) is 12.4. The van der Waals surface area contributed by atoms with E-state index in [2.05, 4.69) is 4.90 Å². The standard InChI is InChI=1S/C16H23ClN2O2/c1-20-15-7-2-4-11(17)16(15)13(10-18)19-8-9-21-14-6-3-5-12(14)19/h2,4,7,12-14H,3,5-6,8-10,18H2,1H3. The monoisotopic (exact) mass is 310 g/mol. The van der Waals surface area contributed by atoms with Crippen LogP contribution in [-0.4, -0.2) is 43.9 Å². The van der Waals surface area contributed by atoms with Crippen molar-refractivity contribution in [1.29, 1.82) is 0 Å². The van der Waals surface area contributed by atoms with Gasteiger partial charge in [0.1, 0.15) is 5.75 Å². The van der Waals surface area contributed by atoms with Crippen molar-refractivity contribution in [3.63, 3.8) is 0 Å². The number of hydrogen-bond acceptors (Lipinski definition) is 4. The van der Waals surface area contributed by atoms with Crippen molar-refractivity contribution in [1.82, 2.24) is 4.90 Å². The molecule has 0 radical (unpaired) electrons. The molecule has 0 bridgehead atoms. The molecule has 4 nitrogen and oxygen atoms in total. The molecule has 1 aliphatic heterocycles. The predicted molar refractivity (Wildman–Crippen MR) is 83.9 cm³/mol. The Balaban J connectivity index is 1.94. The summed E-state index contributed by atoms with van der Waals surface area (Å²) in [5.74, 6) is 0.819. The number of nitrogens with two attached hydrogens (primary N) is 1. The molecule has 1 saturated heterocycles. The topological polar surface area (TPSA) is 47.7 Å². The molecule has 1 aromatic carbocycles. The van der Waals surface area contributed by atoms with Crippen LogP contribution in [0.15, 0.2) is 18.2 Å². The lowest BCUT2D eigenvalue weighted by Crippen LogP contribution is -2.51. The molecule has 1 saturated carbocycles. The Bertz CT molecular complexity index is 497. The zero-order valence-corrected chi connectivity index (χ0v) is 13.2. The first-order chi connectivity index (χ1) is 10.3. The summed E-state index contributed by atoms with van der Waals surface area (Å²) in [7, 11) is 1.68. The summed E-state index contributed by atoms with van der Waals surface area (Å²) in [5.41, 5.74) is 7.13. The van der Waals surface area contributed by atoms with Crippen molar-refractivity contribution >= 4 is 11.6 Å². The number of halogens is 1. The fraction of sp³-hybridized carbons (Fsp3) is 0.625. The number of methoxy groups -OCH3 is 1. The fourth-order valence-electron chi connectivity index (χ4n) is 3.78. The van der Waals surface area contributed by atoms with Gasteiger partial charge in [-0.25, -0.2) is 0 Å². The highest BCUT2D eigenvalue weighted by molar-refractivity contribution is 6.31. The van der Waals surface area contributed by atoms with Gasteiger partial charge in [0.15, 0.2) is 0 Å². The minimum absolute atomic E-state index is 0.0862. The third-order valence-electron chi connectivity index (χ3n) is 4.71. The number of rotatable bonds is 4. The summed E-state index contributed by atoms with van der Waals surface area (Å²) in [5, 5.41) is 0.728. The largest absolute Gasteiger partial charge is 0.496 e. The van der Waals surface area contributed by atoms with Gasteiger partial charge < -0.3 is 15.2 Å². The number of ether oxygens (including phenoxy) is 2. The molecule has 2 fully saturated rings. The smallest absolute Gasteiger partial charge is 0.125 e. The molecule has 1 aromatic rings. The highest BCUT2D eigenvalue weighted by atomic mass is 35.5. The van der Waals surface area contributed by atoms with E-state index in [1.807, 2.05) is 18.2 Å². The first-order valence-electron chi connectivity index (χ1n) is 7.66. The van der Waals surface area contributed by atoms with Crippen molar-refractivity contribution in [3.8, 4) is 5.75 Å². The number of hydrogen-bond donors (Lipinski definition) is 1. The predicted octanol–water partition coefficient (Wildman–Crippen LogP) is 2.60. The van der Waals surface area contributed by atoms with E-state index in [0.717, 1.165) is 35.9 Å². The Morgan fingerprint density at radius 1 is 1.48 bits per heavy atom. The molecule has 116 valence electrons. The Morgan fingerprint density at radius 2 is 2.33 bits per heavy atom. The highest BCUT2D eigenvalue weighted by Gasteiger charge is 2.40. The maximum atomic E-state index is 6.45. The maximum Gasteiger partial charge on any atom is 0.125 e. The number of nitrogens with zero attached hydrogens (tertiary/aromatic N) is 1. The molecule has 0 spiro atoms. The van der Waals surface area contributed by atoms with Gasteiger partial charge in [0.2, 0.25) is 0 Å². The normalized spacial score (nSPS) is 27.4. The van der Waals surface area contributed by atoms with Crippen LogP contribution in [0.5, 0.6) is 5.75 Å². The average molecular weight is 311 g/mol. The molecule has 1 aliphatic carbocycles. The Labute approximate surface area is 131 Å². The molecule has 0 aromatic heterocycles. The van der Waals surface area contributed by atoms with E-state index in [1.54, 1.807) is 7.11 Å². The van der Waals surface area contributed by atoms with Crippen LogP contribution in [0.3, 0.4) is 0 Å². The molecule has 3 atom stereocenters. The lowest BCUT2D eigenvalue weighted by Gasteiger charge is -2.42. The van der Waals surface area contributed by atoms with E-state index < -0.39 is 0 Å². The van der Waals surface area contributed by atoms with E-state index in [4.69, 9.17) is 26.8 Å². The van der Waals surface area contributed by atoms with Crippen molar-refractivity contribution in [2.45, 2.75) is 37.5 Å². The van der Waals surface area contributed by atoms with Crippen LogP contribution in [0, 0.1) is 0 Å². The molecule has 3 rings (SSSR count). The molecule has 2 N–H and O–H groups in total. The van der Waals surface area contributed by atoms with Crippen LogP contribution < -0.4 is 10.5 Å². The van der Waals surface area contributed by atoms with Gasteiger partial charge in [-0.2, -0.15) is 0 Å². The molecular formula is C16H23ClN2O2. The maximum absolute atomic E-state index is 6.45. The van der Waals surface area contributed by atoms with Gasteiger partial charge in [-0.15, -0.1) is 0 Å². The first kappa shape index (κ1) is 15.1. The number of morpholine rings is 1. The van der Waals surface area contributed by atoms with Gasteiger partial charge in [-0.05, 0) is 31.4 Å². The quantitative estimate of drug-likeness (QED) is 0.928. The van der Waals surface area contributed by atoms with Gasteiger partial charge in [0, 0.05) is 29.7 Å². The Kier molecular flexibility index (Phi) is 4.69. The molecule has 1 heterocycles. The number of benzene rings is 1. The average Bonchev–Trinajstić information content (AvgIpc) is 2.98. The SMILES string of the molecule is COc1cccc(Cl)c1C(CN)N1CCOC2CCCC21. The summed E-state index contributed by atoms with van der Waals surface area (Å²) in [6.07, 6.45) is 3.90. The van der Waals surface area contributed by atoms with Gasteiger partial charge >= 0.3 is 0 Å². The van der Waals surface area contributed by atoms with Gasteiger partial charge in [-0.3, -0.25) is 4.90 Å². The lowest BCUT2D eigenvalue weighted by molar-refractivity contribution is -0.0713. The van der Waals surface area contributed by atoms with Gasteiger partial charge in [0.05, 0.1) is 25.9 Å². The van der Waals surface area contributed by atoms with Crippen molar-refractivity contribution in [3.05, 3.63) is 28.8 Å². The first-order valence-corrected chi connectivity index (χ1v) is 8.04. The van der Waals surface area contributed by atoms with Crippen LogP contribution >= 0.6 is 11.6 Å². The summed E-state index contributed by atoms with van der Waals surface area (Å²) in [4.78, 5) is 2.48. The van der Waals surface area contributed by atoms with Crippen LogP contribution in [0.1, 0.15) is 30.9 Å². The molecule has 5 heteroatoms. The molecule has 2 aliphatic rings. The van der Waals surface area contributed by atoms with E-state index in [-0.39, 0.29) is 6.04 Å². The van der Waals surface area contributed by atoms with E-state index in [0.29, 0.717) is 18.7 Å². The summed E-state index contributed by atoms with van der Waals surface area (Å²) >= 11 is 6.45. The molecule has 21 heavy (non-hydrogen) atoms. The van der Waals surface area contributed by atoms with Crippen LogP contribution in [0.25, 0.3) is 0 Å². The summed E-state index contributed by atoms with van der Waals surface area (Å²) in [6.45, 7) is 2.20. The third kappa shape index (κ3) is 2.78. The van der Waals surface area contributed by atoms with E-state index in [1.165, 1.54) is 12.8 Å². The van der Waals surface area contributed by atoms with Crippen LogP contribution in [-0.2, 0) is 4.74 Å². The Hall–Kier alpha value is -0.810. The van der Waals surface area contributed by atoms with E-state index in [9.17, 15) is 0 Å². The fourth-order valence-corrected chi connectivity index (χ4v) is 4.07. The third-order valence-corrected chi connectivity index (χ3v) is 5.04. The molecule has 3 unspecified atom stereocenters.